The van der Waals surface area contributed by atoms with Crippen molar-refractivity contribution in [3.63, 3.8) is 0 Å². The molecular weight excluding hydrogens is 412 g/mol. The Morgan fingerprint density at radius 2 is 1.55 bits per heavy atom. The smallest absolute Gasteiger partial charge is 0.307 e. The van der Waals surface area contributed by atoms with Crippen LogP contribution < -0.4 is 11.1 Å². The van der Waals surface area contributed by atoms with Crippen molar-refractivity contribution in [1.82, 2.24) is 5.32 Å². The molecule has 0 saturated carbocycles. The van der Waals surface area contributed by atoms with E-state index in [2.05, 4.69) is 5.32 Å². The SMILES string of the molecule is CC(=O)N/C(=C(/OC(C)=O)[C@H](CCOC(C)=O)OC(C)=O)[C@@H](O)OCCCCCCN. The molecule has 11 nitrogen and oxygen atoms in total. The Hall–Kier alpha value is -2.50. The number of aliphatic hydroxyl groups excluding tert-OH is 1. The van der Waals surface area contributed by atoms with Crippen LogP contribution in [0.5, 0.6) is 0 Å². The molecule has 0 aliphatic heterocycles. The number of esters is 3. The van der Waals surface area contributed by atoms with Gasteiger partial charge in [0.05, 0.1) is 13.2 Å². The number of carbonyl (C=O) groups excluding carboxylic acids is 4. The van der Waals surface area contributed by atoms with Crippen molar-refractivity contribution in [2.24, 2.45) is 5.73 Å². The largest absolute Gasteiger partial charge is 0.466 e. The van der Waals surface area contributed by atoms with Crippen molar-refractivity contribution in [1.29, 1.82) is 0 Å². The summed E-state index contributed by atoms with van der Waals surface area (Å²) in [5, 5.41) is 12.9. The topological polar surface area (TPSA) is 163 Å². The Labute approximate surface area is 182 Å². The molecule has 0 heterocycles. The highest BCUT2D eigenvalue weighted by molar-refractivity contribution is 5.75. The minimum atomic E-state index is -1.67. The second-order valence-corrected chi connectivity index (χ2v) is 6.71. The highest BCUT2D eigenvalue weighted by atomic mass is 16.6. The van der Waals surface area contributed by atoms with Crippen LogP contribution in [0, 0.1) is 0 Å². The highest BCUT2D eigenvalue weighted by Crippen LogP contribution is 2.20. The Bertz CT molecular complexity index is 634. The fourth-order valence-electron chi connectivity index (χ4n) is 2.52. The van der Waals surface area contributed by atoms with Gasteiger partial charge in [-0.3, -0.25) is 19.2 Å². The minimum absolute atomic E-state index is 0.0866. The summed E-state index contributed by atoms with van der Waals surface area (Å²) in [5.74, 6) is -2.95. The van der Waals surface area contributed by atoms with Crippen molar-refractivity contribution in [2.75, 3.05) is 19.8 Å². The van der Waals surface area contributed by atoms with E-state index < -0.39 is 36.2 Å². The van der Waals surface area contributed by atoms with Crippen molar-refractivity contribution >= 4 is 23.8 Å². The Kier molecular flexibility index (Phi) is 14.9. The van der Waals surface area contributed by atoms with Crippen LogP contribution in [0.15, 0.2) is 11.5 Å². The van der Waals surface area contributed by atoms with E-state index in [4.69, 9.17) is 24.7 Å². The van der Waals surface area contributed by atoms with Gasteiger partial charge in [0.25, 0.3) is 0 Å². The van der Waals surface area contributed by atoms with Crippen LogP contribution in [0.1, 0.15) is 59.8 Å². The molecule has 0 bridgehead atoms. The molecule has 4 N–H and O–H groups in total. The quantitative estimate of drug-likeness (QED) is 0.107. The van der Waals surface area contributed by atoms with Crippen molar-refractivity contribution in [3.8, 4) is 0 Å². The van der Waals surface area contributed by atoms with E-state index in [9.17, 15) is 24.3 Å². The molecule has 0 unspecified atom stereocenters. The lowest BCUT2D eigenvalue weighted by molar-refractivity contribution is -0.153. The average molecular weight is 446 g/mol. The number of amides is 1. The first-order valence-corrected chi connectivity index (χ1v) is 10.1. The molecule has 1 amide bonds. The van der Waals surface area contributed by atoms with Crippen LogP contribution in [0.25, 0.3) is 0 Å². The maximum Gasteiger partial charge on any atom is 0.307 e. The molecule has 178 valence electrons. The average Bonchev–Trinajstić information content (AvgIpc) is 2.65. The monoisotopic (exact) mass is 446 g/mol. The number of carbonyl (C=O) groups is 4. The van der Waals surface area contributed by atoms with E-state index in [1.54, 1.807) is 0 Å². The standard InChI is InChI=1S/C20H34N2O9/c1-13(23)22-18(20(27)29-11-8-6-5-7-10-21)19(31-16(4)26)17(30-15(3)25)9-12-28-14(2)24/h17,20,27H,5-12,21H2,1-4H3,(H,22,23)/b19-18+/t17-,20-/m0/s1. The summed E-state index contributed by atoms with van der Waals surface area (Å²) in [6, 6.07) is 0. The molecule has 0 saturated heterocycles. The van der Waals surface area contributed by atoms with Gasteiger partial charge in [0.1, 0.15) is 5.70 Å². The third kappa shape index (κ3) is 14.2. The maximum absolute atomic E-state index is 11.7. The van der Waals surface area contributed by atoms with Crippen LogP contribution in [0.2, 0.25) is 0 Å². The molecule has 31 heavy (non-hydrogen) atoms. The van der Waals surface area contributed by atoms with Gasteiger partial charge in [-0.25, -0.2) is 0 Å². The van der Waals surface area contributed by atoms with Gasteiger partial charge in [-0.05, 0) is 19.4 Å². The van der Waals surface area contributed by atoms with Crippen LogP contribution >= 0.6 is 0 Å². The van der Waals surface area contributed by atoms with Gasteiger partial charge >= 0.3 is 17.9 Å². The predicted octanol–water partition coefficient (Wildman–Crippen LogP) is 0.636. The molecule has 0 fully saturated rings. The van der Waals surface area contributed by atoms with Crippen molar-refractivity contribution in [3.05, 3.63) is 11.5 Å². The van der Waals surface area contributed by atoms with E-state index in [1.165, 1.54) is 13.8 Å². The number of hydrogen-bond acceptors (Lipinski definition) is 10. The van der Waals surface area contributed by atoms with Gasteiger partial charge in [0, 0.05) is 34.1 Å². The van der Waals surface area contributed by atoms with Gasteiger partial charge in [-0.1, -0.05) is 12.8 Å². The molecule has 0 spiro atoms. The normalized spacial score (nSPS) is 13.5. The number of unbranched alkanes of at least 4 members (excludes halogenated alkanes) is 3. The van der Waals surface area contributed by atoms with Gasteiger partial charge in [0.2, 0.25) is 5.91 Å². The number of aliphatic hydroxyl groups is 1. The fourth-order valence-corrected chi connectivity index (χ4v) is 2.52. The summed E-state index contributed by atoms with van der Waals surface area (Å²) in [6.07, 6.45) is 0.267. The fraction of sp³-hybridized carbons (Fsp3) is 0.700. The molecule has 0 aromatic rings. The second kappa shape index (κ2) is 16.2. The van der Waals surface area contributed by atoms with Crippen molar-refractivity contribution in [2.45, 2.75) is 72.2 Å². The molecule has 11 heteroatoms. The summed E-state index contributed by atoms with van der Waals surface area (Å²) >= 11 is 0. The number of ether oxygens (including phenoxy) is 4. The summed E-state index contributed by atoms with van der Waals surface area (Å²) in [6.45, 7) is 5.22. The highest BCUT2D eigenvalue weighted by Gasteiger charge is 2.30. The zero-order valence-corrected chi connectivity index (χ0v) is 18.6. The molecule has 0 aromatic heterocycles. The van der Waals surface area contributed by atoms with E-state index in [0.29, 0.717) is 13.0 Å². The van der Waals surface area contributed by atoms with Crippen molar-refractivity contribution < 1.29 is 43.2 Å². The lowest BCUT2D eigenvalue weighted by Crippen LogP contribution is -2.36. The van der Waals surface area contributed by atoms with E-state index in [1.807, 2.05) is 0 Å². The minimum Gasteiger partial charge on any atom is -0.466 e. The van der Waals surface area contributed by atoms with Crippen LogP contribution in [-0.4, -0.2) is 61.1 Å². The summed E-state index contributed by atoms with van der Waals surface area (Å²) < 4.78 is 20.6. The van der Waals surface area contributed by atoms with E-state index in [0.717, 1.165) is 33.1 Å². The first-order chi connectivity index (χ1) is 14.6. The Morgan fingerprint density at radius 1 is 0.903 bits per heavy atom. The number of nitrogens with two attached hydrogens (primary N) is 1. The van der Waals surface area contributed by atoms with E-state index >= 15 is 0 Å². The van der Waals surface area contributed by atoms with Gasteiger partial charge in [0.15, 0.2) is 18.2 Å². The summed E-state index contributed by atoms with van der Waals surface area (Å²) in [7, 11) is 0. The Balaban J connectivity index is 5.71. The van der Waals surface area contributed by atoms with Gasteiger partial charge < -0.3 is 35.1 Å². The van der Waals surface area contributed by atoms with Crippen LogP contribution in [0.3, 0.4) is 0 Å². The van der Waals surface area contributed by atoms with Crippen LogP contribution in [-0.2, 0) is 38.1 Å². The number of nitrogens with one attached hydrogen (secondary N) is 1. The third-order valence-corrected chi connectivity index (χ3v) is 3.74. The van der Waals surface area contributed by atoms with Gasteiger partial charge in [-0.15, -0.1) is 0 Å². The lowest BCUT2D eigenvalue weighted by Gasteiger charge is -2.25. The maximum atomic E-state index is 11.7. The molecule has 0 aliphatic rings. The predicted molar refractivity (Wildman–Crippen MR) is 109 cm³/mol. The molecule has 2 atom stereocenters. The molecule has 0 radical (unpaired) electrons. The number of rotatable bonds is 15. The second-order valence-electron chi connectivity index (χ2n) is 6.71. The number of hydrogen-bond donors (Lipinski definition) is 3. The zero-order valence-electron chi connectivity index (χ0n) is 18.6. The van der Waals surface area contributed by atoms with E-state index in [-0.39, 0.29) is 31.1 Å². The summed E-state index contributed by atoms with van der Waals surface area (Å²) in [4.78, 5) is 46.0. The molecular formula is C20H34N2O9. The zero-order chi connectivity index (χ0) is 23.8. The molecule has 0 rings (SSSR count). The van der Waals surface area contributed by atoms with Gasteiger partial charge in [-0.2, -0.15) is 0 Å². The first-order valence-electron chi connectivity index (χ1n) is 10.1. The lowest BCUT2D eigenvalue weighted by atomic mass is 10.1. The first kappa shape index (κ1) is 28.5. The van der Waals surface area contributed by atoms with Crippen LogP contribution in [0.4, 0.5) is 0 Å². The molecule has 0 aromatic carbocycles. The third-order valence-electron chi connectivity index (χ3n) is 3.74. The summed E-state index contributed by atoms with van der Waals surface area (Å²) in [5.41, 5.74) is 5.16. The molecule has 0 aliphatic carbocycles. The Morgan fingerprint density at radius 3 is 2.06 bits per heavy atom.